The first-order valence-corrected chi connectivity index (χ1v) is 16.7. The third kappa shape index (κ3) is 6.86. The summed E-state index contributed by atoms with van der Waals surface area (Å²) < 4.78 is 66.9. The molecule has 0 spiro atoms. The summed E-state index contributed by atoms with van der Waals surface area (Å²) in [6.45, 7) is 0. The highest BCUT2D eigenvalue weighted by Crippen LogP contribution is 2.23. The molecule has 0 aliphatic carbocycles. The number of carboxylic acids is 1. The number of amides is 1. The molecule has 3 N–H and O–H groups in total. The van der Waals surface area contributed by atoms with Crippen LogP contribution in [0.2, 0.25) is 0 Å². The number of sulfonamides is 1. The summed E-state index contributed by atoms with van der Waals surface area (Å²) in [5.41, 5.74) is -1.49. The van der Waals surface area contributed by atoms with Gasteiger partial charge in [0.05, 0.1) is 52.4 Å². The van der Waals surface area contributed by atoms with E-state index in [1.165, 1.54) is 84.2 Å². The lowest BCUT2D eigenvalue weighted by Gasteiger charge is -2.17. The van der Waals surface area contributed by atoms with E-state index in [4.69, 9.17) is 4.74 Å². The van der Waals surface area contributed by atoms with E-state index >= 15 is 8.78 Å². The average Bonchev–Trinajstić information content (AvgIpc) is 3.66. The molecule has 1 amide bonds. The lowest BCUT2D eigenvalue weighted by molar-refractivity contribution is -0.139. The molecule has 0 fully saturated rings. The van der Waals surface area contributed by atoms with Gasteiger partial charge < -0.3 is 15.2 Å². The van der Waals surface area contributed by atoms with Crippen molar-refractivity contribution in [2.24, 2.45) is 7.05 Å². The maximum atomic E-state index is 15.1. The van der Waals surface area contributed by atoms with Crippen LogP contribution in [0.3, 0.4) is 0 Å². The Labute approximate surface area is 292 Å². The fourth-order valence-corrected chi connectivity index (χ4v) is 6.47. The van der Waals surface area contributed by atoms with Gasteiger partial charge in [-0.25, -0.2) is 36.0 Å². The molecule has 6 aromatic rings. The molecule has 0 aliphatic heterocycles. The molecular weight excluding hydrogens is 704 g/mol. The van der Waals surface area contributed by atoms with Crippen molar-refractivity contribution in [1.29, 1.82) is 0 Å². The number of aryl methyl sites for hydroxylation is 1. The van der Waals surface area contributed by atoms with Crippen molar-refractivity contribution < 1.29 is 36.6 Å². The van der Waals surface area contributed by atoms with Gasteiger partial charge in [0.1, 0.15) is 29.0 Å². The molecule has 2 aromatic heterocycles. The van der Waals surface area contributed by atoms with Gasteiger partial charge in [0.25, 0.3) is 21.5 Å². The van der Waals surface area contributed by atoms with E-state index < -0.39 is 62.1 Å². The Bertz CT molecular complexity index is 2550. The Morgan fingerprint density at radius 2 is 1.60 bits per heavy atom. The molecular formula is C34H27F2N7O8S. The molecule has 1 atom stereocenters. The van der Waals surface area contributed by atoms with Crippen molar-refractivity contribution in [3.8, 4) is 17.1 Å². The Morgan fingerprint density at radius 3 is 2.19 bits per heavy atom. The first-order chi connectivity index (χ1) is 24.8. The fraction of sp³-hybridized carbons (Fsp3) is 0.118. The van der Waals surface area contributed by atoms with Crippen LogP contribution in [0.15, 0.2) is 106 Å². The molecule has 0 radical (unpaired) electrons. The highest BCUT2D eigenvalue weighted by Gasteiger charge is 2.27. The van der Waals surface area contributed by atoms with Gasteiger partial charge in [-0.3, -0.25) is 18.9 Å². The minimum atomic E-state index is -4.32. The fourth-order valence-electron chi connectivity index (χ4n) is 5.43. The van der Waals surface area contributed by atoms with E-state index in [1.807, 2.05) is 0 Å². The monoisotopic (exact) mass is 731 g/mol. The number of nitrogens with one attached hydrogen (secondary N) is 2. The van der Waals surface area contributed by atoms with Crippen LogP contribution in [0.5, 0.6) is 5.75 Å². The smallest absolute Gasteiger partial charge is 0.335 e. The minimum absolute atomic E-state index is 0.179. The number of carbonyl (C=O) groups excluding carboxylic acids is 1. The van der Waals surface area contributed by atoms with Crippen molar-refractivity contribution in [1.82, 2.24) is 29.4 Å². The van der Waals surface area contributed by atoms with Crippen molar-refractivity contribution in [3.63, 3.8) is 0 Å². The maximum Gasteiger partial charge on any atom is 0.335 e. The largest absolute Gasteiger partial charge is 0.497 e. The van der Waals surface area contributed by atoms with Gasteiger partial charge in [0.15, 0.2) is 0 Å². The number of aliphatic carboxylic acids is 1. The number of fused-ring (bicyclic) bond motifs is 1. The predicted molar refractivity (Wildman–Crippen MR) is 182 cm³/mol. The number of carbonyl (C=O) groups is 2. The molecule has 6 rings (SSSR count). The number of rotatable bonds is 11. The third-order valence-electron chi connectivity index (χ3n) is 8.07. The lowest BCUT2D eigenvalue weighted by atomic mass is 10.0. The summed E-state index contributed by atoms with van der Waals surface area (Å²) in [5.74, 6) is -5.42. The number of methoxy groups -OCH3 is 1. The van der Waals surface area contributed by atoms with Crippen LogP contribution in [0.4, 0.5) is 14.5 Å². The molecule has 18 heteroatoms. The Morgan fingerprint density at radius 1 is 0.942 bits per heavy atom. The van der Waals surface area contributed by atoms with Crippen LogP contribution in [-0.4, -0.2) is 62.7 Å². The Hall–Kier alpha value is -6.69. The van der Waals surface area contributed by atoms with Gasteiger partial charge >= 0.3 is 11.7 Å². The molecule has 2 heterocycles. The zero-order chi connectivity index (χ0) is 37.3. The molecule has 52 heavy (non-hydrogen) atoms. The molecule has 15 nitrogen and oxygen atoms in total. The zero-order valence-corrected chi connectivity index (χ0v) is 28.0. The lowest BCUT2D eigenvalue weighted by Crippen LogP contribution is -2.43. The number of benzene rings is 4. The van der Waals surface area contributed by atoms with Crippen molar-refractivity contribution in [2.75, 3.05) is 11.8 Å². The number of aromatic nitrogens is 5. The van der Waals surface area contributed by atoms with E-state index in [0.29, 0.717) is 34.6 Å². The number of halogens is 2. The zero-order valence-electron chi connectivity index (χ0n) is 27.1. The molecule has 266 valence electrons. The van der Waals surface area contributed by atoms with Crippen LogP contribution in [0.25, 0.3) is 22.3 Å². The second kappa shape index (κ2) is 13.9. The number of hydrogen-bond donors (Lipinski definition) is 3. The SMILES string of the molecule is COc1ccc2c(c1)c(=O)n(-c1ccc(C[C@H](NC(=O)c3c(F)cc(NS(=O)(=O)c4ccc(-n5ccnn5)cc4)cc3F)C(=O)O)cc1)c(=O)n2C. The molecule has 0 aliphatic rings. The first-order valence-electron chi connectivity index (χ1n) is 15.2. The van der Waals surface area contributed by atoms with Crippen LogP contribution < -0.4 is 26.0 Å². The second-order valence-corrected chi connectivity index (χ2v) is 13.0. The highest BCUT2D eigenvalue weighted by atomic mass is 32.2. The second-order valence-electron chi connectivity index (χ2n) is 11.4. The van der Waals surface area contributed by atoms with Crippen molar-refractivity contribution in [3.05, 3.63) is 135 Å². The van der Waals surface area contributed by atoms with Gasteiger partial charge in [-0.2, -0.15) is 0 Å². The van der Waals surface area contributed by atoms with Crippen LogP contribution in [-0.2, 0) is 28.3 Å². The van der Waals surface area contributed by atoms with E-state index in [-0.39, 0.29) is 22.4 Å². The standard InChI is InChI=1S/C34H27F2N7O8S/c1-41-29-12-9-23(51-2)18-25(29)32(45)43(34(41)48)22-5-3-19(4-6-22)15-28(33(46)47)38-31(44)30-26(35)16-20(17-27(30)36)39-52(49,50)24-10-7-21(8-11-24)42-14-13-37-40-42/h3-14,16-18,28,39H,15H2,1-2H3,(H,38,44)(H,46,47)/t28-/m0/s1. The summed E-state index contributed by atoms with van der Waals surface area (Å²) >= 11 is 0. The Kier molecular flexibility index (Phi) is 9.40. The van der Waals surface area contributed by atoms with Crippen molar-refractivity contribution >= 4 is 38.5 Å². The molecule has 0 saturated heterocycles. The topological polar surface area (TPSA) is 197 Å². The summed E-state index contributed by atoms with van der Waals surface area (Å²) in [6.07, 6.45) is 2.63. The van der Waals surface area contributed by atoms with Gasteiger partial charge in [-0.05, 0) is 72.3 Å². The predicted octanol–water partition coefficient (Wildman–Crippen LogP) is 2.78. The first kappa shape index (κ1) is 35.1. The Balaban J connectivity index is 1.18. The molecule has 4 aromatic carbocycles. The van der Waals surface area contributed by atoms with Gasteiger partial charge in [-0.1, -0.05) is 17.3 Å². The van der Waals surface area contributed by atoms with E-state index in [1.54, 1.807) is 18.3 Å². The molecule has 0 saturated carbocycles. The van der Waals surface area contributed by atoms with Crippen LogP contribution in [0.1, 0.15) is 15.9 Å². The summed E-state index contributed by atoms with van der Waals surface area (Å²) in [4.78, 5) is 51.2. The highest BCUT2D eigenvalue weighted by molar-refractivity contribution is 7.92. The summed E-state index contributed by atoms with van der Waals surface area (Å²) in [6, 6.07) is 15.3. The number of carboxylic acid groups (broad SMARTS) is 1. The van der Waals surface area contributed by atoms with Gasteiger partial charge in [-0.15, -0.1) is 5.10 Å². The van der Waals surface area contributed by atoms with E-state index in [0.717, 1.165) is 4.57 Å². The quantitative estimate of drug-likeness (QED) is 0.178. The number of anilines is 1. The van der Waals surface area contributed by atoms with Gasteiger partial charge in [0.2, 0.25) is 0 Å². The number of nitrogens with zero attached hydrogens (tertiary/aromatic N) is 5. The molecule has 0 unspecified atom stereocenters. The average molecular weight is 732 g/mol. The number of ether oxygens (including phenoxy) is 1. The van der Waals surface area contributed by atoms with Gasteiger partial charge in [0, 0.05) is 13.5 Å². The third-order valence-corrected chi connectivity index (χ3v) is 9.47. The van der Waals surface area contributed by atoms with Crippen molar-refractivity contribution in [2.45, 2.75) is 17.4 Å². The maximum absolute atomic E-state index is 15.1. The molecule has 0 bridgehead atoms. The summed E-state index contributed by atoms with van der Waals surface area (Å²) in [5, 5.41) is 19.6. The van der Waals surface area contributed by atoms with Crippen LogP contribution in [0, 0.1) is 11.6 Å². The van der Waals surface area contributed by atoms with E-state index in [9.17, 15) is 32.7 Å². The summed E-state index contributed by atoms with van der Waals surface area (Å²) in [7, 11) is -1.38. The normalized spacial score (nSPS) is 12.0. The number of hydrogen-bond acceptors (Lipinski definition) is 9. The minimum Gasteiger partial charge on any atom is -0.497 e. The van der Waals surface area contributed by atoms with E-state index in [2.05, 4.69) is 20.4 Å². The van der Waals surface area contributed by atoms with Crippen LogP contribution >= 0.6 is 0 Å².